The average Bonchev–Trinajstić information content (AvgIpc) is 2.70. The molecule has 0 radical (unpaired) electrons. The smallest absolute Gasteiger partial charge is 0.339 e. The van der Waals surface area contributed by atoms with Crippen molar-refractivity contribution in [3.63, 3.8) is 0 Å². The van der Waals surface area contributed by atoms with Gasteiger partial charge < -0.3 is 4.18 Å². The van der Waals surface area contributed by atoms with Crippen molar-refractivity contribution in [2.24, 2.45) is 5.10 Å². The highest BCUT2D eigenvalue weighted by molar-refractivity contribution is 9.10. The second-order valence-corrected chi connectivity index (χ2v) is 9.62. The first-order chi connectivity index (χ1) is 14.2. The largest absolute Gasteiger partial charge is 0.378 e. The number of benzene rings is 3. The number of aryl methyl sites for hydroxylation is 1. The highest BCUT2D eigenvalue weighted by Gasteiger charge is 2.18. The summed E-state index contributed by atoms with van der Waals surface area (Å²) in [7, 11) is -4.02. The van der Waals surface area contributed by atoms with Crippen molar-refractivity contribution in [3.05, 3.63) is 92.4 Å². The first kappa shape index (κ1) is 22.2. The topological polar surface area (TPSA) is 84.8 Å². The molecule has 0 aliphatic heterocycles. The maximum atomic E-state index is 12.6. The maximum absolute atomic E-state index is 12.6. The van der Waals surface area contributed by atoms with Crippen molar-refractivity contribution in [1.29, 1.82) is 0 Å². The number of carbonyl (C=O) groups is 1. The zero-order valence-corrected chi connectivity index (χ0v) is 19.7. The van der Waals surface area contributed by atoms with Gasteiger partial charge in [0.25, 0.3) is 5.91 Å². The quantitative estimate of drug-likeness (QED) is 0.264. The van der Waals surface area contributed by atoms with E-state index in [1.165, 1.54) is 24.4 Å². The highest BCUT2D eigenvalue weighted by Crippen LogP contribution is 2.25. The lowest BCUT2D eigenvalue weighted by Gasteiger charge is -2.10. The van der Waals surface area contributed by atoms with E-state index in [1.807, 2.05) is 6.92 Å². The predicted molar refractivity (Wildman–Crippen MR) is 122 cm³/mol. The van der Waals surface area contributed by atoms with Crippen LogP contribution in [0, 0.1) is 6.92 Å². The summed E-state index contributed by atoms with van der Waals surface area (Å²) in [6.45, 7) is 1.86. The van der Waals surface area contributed by atoms with Crippen molar-refractivity contribution >= 4 is 54.1 Å². The number of rotatable bonds is 6. The Balaban J connectivity index is 1.80. The lowest BCUT2D eigenvalue weighted by atomic mass is 10.2. The van der Waals surface area contributed by atoms with Crippen molar-refractivity contribution < 1.29 is 17.4 Å². The summed E-state index contributed by atoms with van der Waals surface area (Å²) in [4.78, 5) is 12.2. The van der Waals surface area contributed by atoms with E-state index in [0.29, 0.717) is 15.6 Å². The summed E-state index contributed by atoms with van der Waals surface area (Å²) in [6.07, 6.45) is 1.32. The Kier molecular flexibility index (Phi) is 7.06. The molecule has 0 aromatic heterocycles. The highest BCUT2D eigenvalue weighted by atomic mass is 79.9. The van der Waals surface area contributed by atoms with E-state index in [0.717, 1.165) is 10.0 Å². The van der Waals surface area contributed by atoms with Crippen LogP contribution < -0.4 is 9.61 Å². The third-order valence-electron chi connectivity index (χ3n) is 3.94. The van der Waals surface area contributed by atoms with Gasteiger partial charge in [-0.1, -0.05) is 55.6 Å². The monoisotopic (exact) mass is 550 g/mol. The third kappa shape index (κ3) is 5.78. The van der Waals surface area contributed by atoms with E-state index in [9.17, 15) is 13.2 Å². The van der Waals surface area contributed by atoms with Crippen LogP contribution in [0.5, 0.6) is 5.75 Å². The number of nitrogens with zero attached hydrogens (tertiary/aromatic N) is 1. The second kappa shape index (κ2) is 9.55. The molecule has 9 heteroatoms. The lowest BCUT2D eigenvalue weighted by molar-refractivity contribution is 0.0955. The molecule has 0 saturated heterocycles. The zero-order valence-electron chi connectivity index (χ0n) is 15.7. The molecule has 154 valence electrons. The summed E-state index contributed by atoms with van der Waals surface area (Å²) in [5, 5.41) is 3.93. The summed E-state index contributed by atoms with van der Waals surface area (Å²) < 4.78 is 32.0. The van der Waals surface area contributed by atoms with Gasteiger partial charge in [0.05, 0.1) is 6.21 Å². The molecule has 1 N–H and O–H groups in total. The molecular weight excluding hydrogens is 536 g/mol. The van der Waals surface area contributed by atoms with Crippen LogP contribution in [0.25, 0.3) is 0 Å². The van der Waals surface area contributed by atoms with Crippen molar-refractivity contribution in [2.75, 3.05) is 0 Å². The number of halogens is 2. The molecule has 1 amide bonds. The molecule has 3 aromatic rings. The Morgan fingerprint density at radius 2 is 1.70 bits per heavy atom. The van der Waals surface area contributed by atoms with E-state index in [4.69, 9.17) is 4.18 Å². The van der Waals surface area contributed by atoms with Crippen LogP contribution in [0.2, 0.25) is 0 Å². The molecule has 3 rings (SSSR count). The Hall–Kier alpha value is -2.49. The molecule has 0 saturated carbocycles. The average molecular weight is 552 g/mol. The zero-order chi connectivity index (χ0) is 21.7. The molecule has 0 spiro atoms. The second-order valence-electron chi connectivity index (χ2n) is 6.24. The molecule has 0 aliphatic carbocycles. The van der Waals surface area contributed by atoms with Gasteiger partial charge in [-0.25, -0.2) is 5.43 Å². The van der Waals surface area contributed by atoms with Gasteiger partial charge in [-0.3, -0.25) is 4.79 Å². The molecule has 0 heterocycles. The predicted octanol–water partition coefficient (Wildman–Crippen LogP) is 5.05. The fraction of sp³-hybridized carbons (Fsp3) is 0.0476. The maximum Gasteiger partial charge on any atom is 0.339 e. The van der Waals surface area contributed by atoms with Gasteiger partial charge in [0.2, 0.25) is 0 Å². The molecular formula is C21H16Br2N2O4S. The van der Waals surface area contributed by atoms with Crippen LogP contribution >= 0.6 is 31.9 Å². The first-order valence-electron chi connectivity index (χ1n) is 8.64. The molecule has 0 aliphatic rings. The minimum absolute atomic E-state index is 0.0434. The number of carbonyl (C=O) groups excluding carboxylic acids is 1. The normalized spacial score (nSPS) is 11.4. The van der Waals surface area contributed by atoms with Crippen LogP contribution in [0.15, 0.2) is 85.7 Å². The van der Waals surface area contributed by atoms with Gasteiger partial charge in [-0.2, -0.15) is 13.5 Å². The third-order valence-corrected chi connectivity index (χ3v) is 6.17. The summed E-state index contributed by atoms with van der Waals surface area (Å²) >= 11 is 6.64. The van der Waals surface area contributed by atoms with E-state index < -0.39 is 16.0 Å². The van der Waals surface area contributed by atoms with Gasteiger partial charge in [0.1, 0.15) is 4.90 Å². The SMILES string of the molecule is Cc1ccc(S(=O)(=O)Oc2ccc(Br)cc2/C=N\NC(=O)c2cccc(Br)c2)cc1. The van der Waals surface area contributed by atoms with Gasteiger partial charge >= 0.3 is 10.1 Å². The number of amides is 1. The van der Waals surface area contributed by atoms with Crippen molar-refractivity contribution in [1.82, 2.24) is 5.43 Å². The van der Waals surface area contributed by atoms with E-state index >= 15 is 0 Å². The van der Waals surface area contributed by atoms with Crippen molar-refractivity contribution in [2.45, 2.75) is 11.8 Å². The first-order valence-corrected chi connectivity index (χ1v) is 11.6. The minimum Gasteiger partial charge on any atom is -0.378 e. The molecule has 3 aromatic carbocycles. The van der Waals surface area contributed by atoms with Gasteiger partial charge in [0.15, 0.2) is 5.75 Å². The fourth-order valence-corrected chi connectivity index (χ4v) is 4.15. The van der Waals surface area contributed by atoms with E-state index in [2.05, 4.69) is 42.4 Å². The van der Waals surface area contributed by atoms with Crippen molar-refractivity contribution in [3.8, 4) is 5.75 Å². The van der Waals surface area contributed by atoms with E-state index in [1.54, 1.807) is 48.5 Å². The summed E-state index contributed by atoms with van der Waals surface area (Å²) in [5.74, 6) is -0.323. The lowest BCUT2D eigenvalue weighted by Crippen LogP contribution is -2.17. The molecule has 30 heavy (non-hydrogen) atoms. The molecule has 0 fully saturated rings. The Morgan fingerprint density at radius 1 is 1.00 bits per heavy atom. The minimum atomic E-state index is -4.02. The van der Waals surface area contributed by atoms with Crippen LogP contribution in [-0.4, -0.2) is 20.5 Å². The van der Waals surface area contributed by atoms with Crippen LogP contribution in [-0.2, 0) is 10.1 Å². The van der Waals surface area contributed by atoms with Gasteiger partial charge in [-0.15, -0.1) is 0 Å². The summed E-state index contributed by atoms with van der Waals surface area (Å²) in [6, 6.07) is 18.0. The Labute approximate surface area is 191 Å². The molecule has 0 atom stereocenters. The fourth-order valence-electron chi connectivity index (χ4n) is 2.42. The number of hydrogen-bond acceptors (Lipinski definition) is 5. The van der Waals surface area contributed by atoms with Gasteiger partial charge in [0, 0.05) is 20.1 Å². The van der Waals surface area contributed by atoms with Gasteiger partial charge in [-0.05, 0) is 55.5 Å². The van der Waals surface area contributed by atoms with Crippen LogP contribution in [0.3, 0.4) is 0 Å². The molecule has 6 nitrogen and oxygen atoms in total. The molecule has 0 bridgehead atoms. The number of hydrazone groups is 1. The van der Waals surface area contributed by atoms with Crippen LogP contribution in [0.4, 0.5) is 0 Å². The number of hydrogen-bond donors (Lipinski definition) is 1. The molecule has 0 unspecified atom stereocenters. The summed E-state index contributed by atoms with van der Waals surface area (Å²) in [5.41, 5.74) is 4.14. The van der Waals surface area contributed by atoms with E-state index in [-0.39, 0.29) is 10.6 Å². The Morgan fingerprint density at radius 3 is 2.40 bits per heavy atom. The Bertz CT molecular complexity index is 1210. The number of nitrogens with one attached hydrogen (secondary N) is 1. The standard InChI is InChI=1S/C21H16Br2N2O4S/c1-14-5-8-19(9-6-14)30(27,28)29-20-10-7-18(23)12-16(20)13-24-25-21(26)15-3-2-4-17(22)11-15/h2-13H,1H3,(H,25,26)/b24-13-. The van der Waals surface area contributed by atoms with Crippen LogP contribution in [0.1, 0.15) is 21.5 Å².